The van der Waals surface area contributed by atoms with Gasteiger partial charge in [0.25, 0.3) is 0 Å². The van der Waals surface area contributed by atoms with Crippen molar-refractivity contribution in [1.29, 1.82) is 0 Å². The summed E-state index contributed by atoms with van der Waals surface area (Å²) < 4.78 is 19.0. The fourth-order valence-corrected chi connectivity index (χ4v) is 1.75. The number of methoxy groups -OCH3 is 1. The minimum atomic E-state index is -0.315. The standard InChI is InChI=1S/C13H14FN3O/c1-9(17-13-15-7-4-8-16-13)12-10(14)5-3-6-11(12)18-2/h3-9H,1-2H3,(H,15,16,17)/t9-/m1/s1. The number of rotatable bonds is 4. The van der Waals surface area contributed by atoms with Crippen LogP contribution in [-0.2, 0) is 0 Å². The SMILES string of the molecule is COc1cccc(F)c1[C@@H](C)Nc1ncccn1. The second-order valence-electron chi connectivity index (χ2n) is 3.79. The van der Waals surface area contributed by atoms with Gasteiger partial charge < -0.3 is 10.1 Å². The lowest BCUT2D eigenvalue weighted by atomic mass is 10.1. The molecule has 94 valence electrons. The number of aromatic nitrogens is 2. The van der Waals surface area contributed by atoms with Crippen molar-refractivity contribution in [3.8, 4) is 5.75 Å². The number of benzene rings is 1. The summed E-state index contributed by atoms with van der Waals surface area (Å²) in [6, 6.07) is 6.18. The monoisotopic (exact) mass is 247 g/mol. The Labute approximate surface area is 105 Å². The molecule has 5 heteroatoms. The van der Waals surface area contributed by atoms with Gasteiger partial charge in [-0.1, -0.05) is 6.07 Å². The smallest absolute Gasteiger partial charge is 0.223 e. The van der Waals surface area contributed by atoms with Crippen molar-refractivity contribution in [2.75, 3.05) is 12.4 Å². The molecule has 0 saturated heterocycles. The summed E-state index contributed by atoms with van der Waals surface area (Å²) in [6.07, 6.45) is 3.25. The third-order valence-electron chi connectivity index (χ3n) is 2.58. The summed E-state index contributed by atoms with van der Waals surface area (Å²) in [5, 5.41) is 3.03. The molecule has 2 aromatic rings. The van der Waals surface area contributed by atoms with E-state index in [1.807, 2.05) is 6.92 Å². The number of hydrogen-bond donors (Lipinski definition) is 1. The zero-order chi connectivity index (χ0) is 13.0. The zero-order valence-electron chi connectivity index (χ0n) is 10.2. The first-order valence-electron chi connectivity index (χ1n) is 5.58. The Morgan fingerprint density at radius 3 is 2.61 bits per heavy atom. The van der Waals surface area contributed by atoms with Gasteiger partial charge in [0.1, 0.15) is 11.6 Å². The Morgan fingerprint density at radius 2 is 1.94 bits per heavy atom. The summed E-state index contributed by atoms with van der Waals surface area (Å²) in [4.78, 5) is 8.09. The van der Waals surface area contributed by atoms with E-state index < -0.39 is 0 Å². The van der Waals surface area contributed by atoms with E-state index in [0.29, 0.717) is 17.3 Å². The predicted molar refractivity (Wildman–Crippen MR) is 67.0 cm³/mol. The number of halogens is 1. The molecule has 1 heterocycles. The summed E-state index contributed by atoms with van der Waals surface area (Å²) in [5.74, 6) is 0.645. The molecule has 0 radical (unpaired) electrons. The van der Waals surface area contributed by atoms with Crippen molar-refractivity contribution in [1.82, 2.24) is 9.97 Å². The number of hydrogen-bond acceptors (Lipinski definition) is 4. The molecular weight excluding hydrogens is 233 g/mol. The molecule has 0 aliphatic rings. The lowest BCUT2D eigenvalue weighted by Gasteiger charge is -2.17. The van der Waals surface area contributed by atoms with Crippen LogP contribution in [0.15, 0.2) is 36.7 Å². The second kappa shape index (κ2) is 5.44. The summed E-state index contributed by atoms with van der Waals surface area (Å²) >= 11 is 0. The van der Waals surface area contributed by atoms with Gasteiger partial charge in [-0.2, -0.15) is 0 Å². The van der Waals surface area contributed by atoms with E-state index in [9.17, 15) is 4.39 Å². The highest BCUT2D eigenvalue weighted by Crippen LogP contribution is 2.29. The average molecular weight is 247 g/mol. The van der Waals surface area contributed by atoms with Crippen LogP contribution in [0, 0.1) is 5.82 Å². The van der Waals surface area contributed by atoms with Crippen LogP contribution in [0.3, 0.4) is 0 Å². The minimum Gasteiger partial charge on any atom is -0.496 e. The van der Waals surface area contributed by atoms with E-state index in [4.69, 9.17) is 4.74 Å². The quantitative estimate of drug-likeness (QED) is 0.902. The molecule has 0 amide bonds. The Balaban J connectivity index is 2.26. The molecule has 0 unspecified atom stereocenters. The van der Waals surface area contributed by atoms with Gasteiger partial charge in [0.05, 0.1) is 18.7 Å². The lowest BCUT2D eigenvalue weighted by Crippen LogP contribution is -2.12. The van der Waals surface area contributed by atoms with Crippen LogP contribution in [0.2, 0.25) is 0 Å². The Kier molecular flexibility index (Phi) is 3.72. The summed E-state index contributed by atoms with van der Waals surface area (Å²) in [5.41, 5.74) is 0.465. The topological polar surface area (TPSA) is 47.0 Å². The molecule has 0 bridgehead atoms. The van der Waals surface area contributed by atoms with Gasteiger partial charge in [0.15, 0.2) is 0 Å². The van der Waals surface area contributed by atoms with Gasteiger partial charge in [-0.05, 0) is 25.1 Å². The van der Waals surface area contributed by atoms with Crippen molar-refractivity contribution in [3.63, 3.8) is 0 Å². The van der Waals surface area contributed by atoms with Crippen LogP contribution in [-0.4, -0.2) is 17.1 Å². The molecule has 1 atom stereocenters. The van der Waals surface area contributed by atoms with Gasteiger partial charge in [0.2, 0.25) is 5.95 Å². The molecule has 0 aliphatic heterocycles. The Hall–Kier alpha value is -2.17. The molecule has 1 aromatic heterocycles. The first-order chi connectivity index (χ1) is 8.72. The van der Waals surface area contributed by atoms with Crippen molar-refractivity contribution in [2.45, 2.75) is 13.0 Å². The molecule has 0 spiro atoms. The Morgan fingerprint density at radius 1 is 1.22 bits per heavy atom. The van der Waals surface area contributed by atoms with Crippen molar-refractivity contribution < 1.29 is 9.13 Å². The van der Waals surface area contributed by atoms with Crippen LogP contribution >= 0.6 is 0 Å². The van der Waals surface area contributed by atoms with Crippen LogP contribution in [0.5, 0.6) is 5.75 Å². The van der Waals surface area contributed by atoms with Crippen molar-refractivity contribution >= 4 is 5.95 Å². The molecule has 2 rings (SSSR count). The number of ether oxygens (including phenoxy) is 1. The third-order valence-corrected chi connectivity index (χ3v) is 2.58. The maximum absolute atomic E-state index is 13.8. The second-order valence-corrected chi connectivity index (χ2v) is 3.79. The molecule has 1 aromatic carbocycles. The van der Waals surface area contributed by atoms with Gasteiger partial charge in [-0.25, -0.2) is 14.4 Å². The first kappa shape index (κ1) is 12.3. The highest BCUT2D eigenvalue weighted by Gasteiger charge is 2.16. The normalized spacial score (nSPS) is 11.9. The molecule has 18 heavy (non-hydrogen) atoms. The minimum absolute atomic E-state index is 0.288. The van der Waals surface area contributed by atoms with Crippen molar-refractivity contribution in [2.24, 2.45) is 0 Å². The third kappa shape index (κ3) is 2.56. The fraction of sp³-hybridized carbons (Fsp3) is 0.231. The molecule has 0 saturated carbocycles. The number of nitrogens with zero attached hydrogens (tertiary/aromatic N) is 2. The highest BCUT2D eigenvalue weighted by molar-refractivity contribution is 5.41. The number of nitrogens with one attached hydrogen (secondary N) is 1. The van der Waals surface area contributed by atoms with Crippen LogP contribution in [0.1, 0.15) is 18.5 Å². The van der Waals surface area contributed by atoms with Crippen LogP contribution in [0.25, 0.3) is 0 Å². The number of anilines is 1. The largest absolute Gasteiger partial charge is 0.496 e. The van der Waals surface area contributed by atoms with Gasteiger partial charge in [-0.3, -0.25) is 0 Å². The van der Waals surface area contributed by atoms with E-state index >= 15 is 0 Å². The van der Waals surface area contributed by atoms with E-state index in [0.717, 1.165) is 0 Å². The fourth-order valence-electron chi connectivity index (χ4n) is 1.75. The van der Waals surface area contributed by atoms with Gasteiger partial charge in [0, 0.05) is 12.4 Å². The maximum Gasteiger partial charge on any atom is 0.223 e. The van der Waals surface area contributed by atoms with Crippen molar-refractivity contribution in [3.05, 3.63) is 48.0 Å². The molecule has 4 nitrogen and oxygen atoms in total. The van der Waals surface area contributed by atoms with E-state index in [2.05, 4.69) is 15.3 Å². The van der Waals surface area contributed by atoms with Crippen LogP contribution < -0.4 is 10.1 Å². The lowest BCUT2D eigenvalue weighted by molar-refractivity contribution is 0.402. The summed E-state index contributed by atoms with van der Waals surface area (Å²) in [7, 11) is 1.52. The summed E-state index contributed by atoms with van der Waals surface area (Å²) in [6.45, 7) is 1.83. The van der Waals surface area contributed by atoms with E-state index in [1.165, 1.54) is 13.2 Å². The van der Waals surface area contributed by atoms with Gasteiger partial charge >= 0.3 is 0 Å². The zero-order valence-corrected chi connectivity index (χ0v) is 10.2. The molecule has 0 fully saturated rings. The highest BCUT2D eigenvalue weighted by atomic mass is 19.1. The van der Waals surface area contributed by atoms with E-state index in [-0.39, 0.29) is 11.9 Å². The Bertz CT molecular complexity index is 519. The molecule has 1 N–H and O–H groups in total. The molecular formula is C13H14FN3O. The predicted octanol–water partition coefficient (Wildman–Crippen LogP) is 2.80. The van der Waals surface area contributed by atoms with Gasteiger partial charge in [-0.15, -0.1) is 0 Å². The maximum atomic E-state index is 13.8. The average Bonchev–Trinajstić information content (AvgIpc) is 2.39. The van der Waals surface area contributed by atoms with E-state index in [1.54, 1.807) is 30.6 Å². The van der Waals surface area contributed by atoms with Crippen LogP contribution in [0.4, 0.5) is 10.3 Å². The molecule has 0 aliphatic carbocycles. The first-order valence-corrected chi connectivity index (χ1v) is 5.58.